The minimum Gasteiger partial charge on any atom is -0.372 e. The lowest BCUT2D eigenvalue weighted by Crippen LogP contribution is -2.10. The van der Waals surface area contributed by atoms with Crippen LogP contribution in [0.2, 0.25) is 0 Å². The summed E-state index contributed by atoms with van der Waals surface area (Å²) in [4.78, 5) is 4.08. The molecule has 2 rings (SSSR count). The van der Waals surface area contributed by atoms with Crippen LogP contribution in [-0.2, 0) is 0 Å². The Morgan fingerprint density at radius 1 is 1.58 bits per heavy atom. The Morgan fingerprint density at radius 2 is 2.50 bits per heavy atom. The maximum Gasteiger partial charge on any atom is 0.103 e. The van der Waals surface area contributed by atoms with Gasteiger partial charge in [-0.15, -0.1) is 11.8 Å². The predicted molar refractivity (Wildman–Crippen MR) is 51.5 cm³/mol. The van der Waals surface area contributed by atoms with Gasteiger partial charge >= 0.3 is 0 Å². The van der Waals surface area contributed by atoms with E-state index in [0.29, 0.717) is 5.37 Å². The summed E-state index contributed by atoms with van der Waals surface area (Å²) in [7, 11) is 0. The van der Waals surface area contributed by atoms with Crippen LogP contribution in [0.3, 0.4) is 0 Å². The molecule has 3 heteroatoms. The zero-order chi connectivity index (χ0) is 8.39. The minimum absolute atomic E-state index is 0.360. The first kappa shape index (κ1) is 7.68. The molecule has 1 aliphatic heterocycles. The molecular formula is C9H10N2S. The molecule has 1 aliphatic rings. The Labute approximate surface area is 76.1 Å². The third kappa shape index (κ3) is 1.46. The van der Waals surface area contributed by atoms with Crippen LogP contribution in [0.15, 0.2) is 35.6 Å². The highest BCUT2D eigenvalue weighted by Crippen LogP contribution is 2.32. The van der Waals surface area contributed by atoms with Crippen molar-refractivity contribution in [1.29, 1.82) is 0 Å². The van der Waals surface area contributed by atoms with Gasteiger partial charge in [0.2, 0.25) is 0 Å². The van der Waals surface area contributed by atoms with E-state index in [-0.39, 0.29) is 0 Å². The summed E-state index contributed by atoms with van der Waals surface area (Å²) in [6.45, 7) is 2.07. The van der Waals surface area contributed by atoms with Crippen molar-refractivity contribution in [2.45, 2.75) is 12.3 Å². The van der Waals surface area contributed by atoms with Gasteiger partial charge < -0.3 is 5.32 Å². The van der Waals surface area contributed by atoms with Crippen LogP contribution in [0.5, 0.6) is 0 Å². The van der Waals surface area contributed by atoms with Gasteiger partial charge in [-0.3, -0.25) is 4.98 Å². The van der Waals surface area contributed by atoms with Gasteiger partial charge in [-0.05, 0) is 18.4 Å². The molecule has 0 aromatic carbocycles. The number of aromatic nitrogens is 1. The van der Waals surface area contributed by atoms with E-state index in [0.717, 1.165) is 0 Å². The van der Waals surface area contributed by atoms with Crippen molar-refractivity contribution in [3.05, 3.63) is 41.2 Å². The highest BCUT2D eigenvalue weighted by atomic mass is 32.2. The summed E-state index contributed by atoms with van der Waals surface area (Å²) in [6.07, 6.45) is 3.69. The molecule has 0 saturated heterocycles. The molecular weight excluding hydrogens is 168 g/mol. The van der Waals surface area contributed by atoms with Crippen LogP contribution in [0.1, 0.15) is 17.9 Å². The van der Waals surface area contributed by atoms with Gasteiger partial charge in [-0.1, -0.05) is 6.07 Å². The molecule has 0 aliphatic carbocycles. The lowest BCUT2D eigenvalue weighted by atomic mass is 10.3. The zero-order valence-corrected chi connectivity index (χ0v) is 7.64. The van der Waals surface area contributed by atoms with Gasteiger partial charge in [0, 0.05) is 23.7 Å². The lowest BCUT2D eigenvalue weighted by Gasteiger charge is -2.10. The third-order valence-electron chi connectivity index (χ3n) is 1.73. The normalized spacial score (nSPS) is 21.8. The van der Waals surface area contributed by atoms with E-state index in [1.54, 1.807) is 18.0 Å². The van der Waals surface area contributed by atoms with E-state index >= 15 is 0 Å². The maximum atomic E-state index is 4.08. The quantitative estimate of drug-likeness (QED) is 0.714. The Kier molecular flexibility index (Phi) is 2.04. The summed E-state index contributed by atoms with van der Waals surface area (Å²) in [5.41, 5.74) is 2.46. The summed E-state index contributed by atoms with van der Waals surface area (Å²) in [5, 5.41) is 5.85. The summed E-state index contributed by atoms with van der Waals surface area (Å²) >= 11 is 1.79. The number of nitrogens with zero attached hydrogens (tertiary/aromatic N) is 1. The summed E-state index contributed by atoms with van der Waals surface area (Å²) in [5.74, 6) is 0. The van der Waals surface area contributed by atoms with Crippen molar-refractivity contribution in [3.63, 3.8) is 0 Å². The molecule has 1 N–H and O–H groups in total. The second-order valence-electron chi connectivity index (χ2n) is 2.75. The van der Waals surface area contributed by atoms with Crippen LogP contribution < -0.4 is 5.32 Å². The van der Waals surface area contributed by atoms with E-state index in [1.165, 1.54) is 11.3 Å². The monoisotopic (exact) mass is 178 g/mol. The van der Waals surface area contributed by atoms with E-state index in [1.807, 2.05) is 12.3 Å². The molecule has 0 spiro atoms. The van der Waals surface area contributed by atoms with Gasteiger partial charge in [0.1, 0.15) is 5.37 Å². The average molecular weight is 178 g/mol. The topological polar surface area (TPSA) is 24.9 Å². The van der Waals surface area contributed by atoms with Crippen LogP contribution in [-0.4, -0.2) is 4.98 Å². The number of nitrogens with one attached hydrogen (secondary N) is 1. The molecule has 62 valence electrons. The fourth-order valence-corrected chi connectivity index (χ4v) is 2.10. The Bertz CT molecular complexity index is 295. The molecule has 0 fully saturated rings. The van der Waals surface area contributed by atoms with Gasteiger partial charge in [0.25, 0.3) is 0 Å². The first-order valence-corrected chi connectivity index (χ1v) is 4.79. The Balaban J connectivity index is 2.14. The smallest absolute Gasteiger partial charge is 0.103 e. The van der Waals surface area contributed by atoms with Crippen LogP contribution in [0.4, 0.5) is 0 Å². The molecule has 2 nitrogen and oxygen atoms in total. The van der Waals surface area contributed by atoms with Gasteiger partial charge in [0.15, 0.2) is 0 Å². The van der Waals surface area contributed by atoms with Gasteiger partial charge in [-0.2, -0.15) is 0 Å². The van der Waals surface area contributed by atoms with Crippen molar-refractivity contribution in [2.24, 2.45) is 0 Å². The Hall–Kier alpha value is -0.960. The number of thioether (sulfide) groups is 1. The van der Waals surface area contributed by atoms with Gasteiger partial charge in [0.05, 0.1) is 0 Å². The van der Waals surface area contributed by atoms with Crippen LogP contribution in [0, 0.1) is 0 Å². The zero-order valence-electron chi connectivity index (χ0n) is 6.82. The minimum atomic E-state index is 0.360. The molecule has 1 atom stereocenters. The molecule has 12 heavy (non-hydrogen) atoms. The number of hydrogen-bond acceptors (Lipinski definition) is 3. The molecule has 0 amide bonds. The number of rotatable bonds is 1. The van der Waals surface area contributed by atoms with Crippen molar-refractivity contribution in [3.8, 4) is 0 Å². The van der Waals surface area contributed by atoms with Crippen LogP contribution >= 0.6 is 11.8 Å². The fourth-order valence-electron chi connectivity index (χ4n) is 1.14. The second-order valence-corrected chi connectivity index (χ2v) is 3.73. The molecule has 0 bridgehead atoms. The SMILES string of the molecule is CC1=CSC(c2cccnc2)N1. The summed E-state index contributed by atoms with van der Waals surface area (Å²) < 4.78 is 0. The predicted octanol–water partition coefficient (Wildman–Crippen LogP) is 2.28. The van der Waals surface area contributed by atoms with E-state index in [2.05, 4.69) is 28.7 Å². The van der Waals surface area contributed by atoms with Crippen molar-refractivity contribution in [2.75, 3.05) is 0 Å². The van der Waals surface area contributed by atoms with Crippen LogP contribution in [0.25, 0.3) is 0 Å². The number of hydrogen-bond donors (Lipinski definition) is 1. The molecule has 2 heterocycles. The van der Waals surface area contributed by atoms with Gasteiger partial charge in [-0.25, -0.2) is 0 Å². The largest absolute Gasteiger partial charge is 0.372 e. The van der Waals surface area contributed by atoms with E-state index < -0.39 is 0 Å². The molecule has 1 unspecified atom stereocenters. The number of pyridine rings is 1. The standard InChI is InChI=1S/C9H10N2S/c1-7-6-12-9(11-7)8-3-2-4-10-5-8/h2-6,9,11H,1H3. The van der Waals surface area contributed by atoms with Crippen molar-refractivity contribution < 1.29 is 0 Å². The van der Waals surface area contributed by atoms with Crippen molar-refractivity contribution in [1.82, 2.24) is 10.3 Å². The first-order chi connectivity index (χ1) is 5.86. The van der Waals surface area contributed by atoms with E-state index in [9.17, 15) is 0 Å². The maximum absolute atomic E-state index is 4.08. The molecule has 0 saturated carbocycles. The average Bonchev–Trinajstić information content (AvgIpc) is 2.54. The third-order valence-corrected chi connectivity index (χ3v) is 2.88. The molecule has 1 aromatic heterocycles. The lowest BCUT2D eigenvalue weighted by molar-refractivity contribution is 0.806. The highest BCUT2D eigenvalue weighted by Gasteiger charge is 2.15. The summed E-state index contributed by atoms with van der Waals surface area (Å²) in [6, 6.07) is 4.05. The molecule has 1 aromatic rings. The highest BCUT2D eigenvalue weighted by molar-refractivity contribution is 8.02. The second kappa shape index (κ2) is 3.19. The number of allylic oxidation sites excluding steroid dienone is 1. The molecule has 0 radical (unpaired) electrons. The van der Waals surface area contributed by atoms with E-state index in [4.69, 9.17) is 0 Å². The first-order valence-electron chi connectivity index (χ1n) is 3.85. The fraction of sp³-hybridized carbons (Fsp3) is 0.222. The Morgan fingerprint density at radius 3 is 3.08 bits per heavy atom. The van der Waals surface area contributed by atoms with Crippen molar-refractivity contribution >= 4 is 11.8 Å².